The van der Waals surface area contributed by atoms with E-state index in [1.807, 2.05) is 6.92 Å². The van der Waals surface area contributed by atoms with Crippen LogP contribution >= 0.6 is 0 Å². The molecule has 0 radical (unpaired) electrons. The zero-order valence-corrected chi connectivity index (χ0v) is 11.2. The minimum Gasteiger partial charge on any atom is -0.368 e. The lowest BCUT2D eigenvalue weighted by Gasteiger charge is -2.15. The van der Waals surface area contributed by atoms with Gasteiger partial charge in [-0.15, -0.1) is 0 Å². The Labute approximate surface area is 116 Å². The van der Waals surface area contributed by atoms with Gasteiger partial charge in [-0.3, -0.25) is 9.48 Å². The summed E-state index contributed by atoms with van der Waals surface area (Å²) in [6.07, 6.45) is 4.24. The first-order valence-electron chi connectivity index (χ1n) is 6.44. The van der Waals surface area contributed by atoms with Crippen molar-refractivity contribution in [2.45, 2.75) is 25.9 Å². The van der Waals surface area contributed by atoms with Crippen molar-refractivity contribution < 1.29 is 9.18 Å². The van der Waals surface area contributed by atoms with Crippen LogP contribution in [0.4, 0.5) is 10.1 Å². The van der Waals surface area contributed by atoms with Gasteiger partial charge in [-0.2, -0.15) is 5.10 Å². The quantitative estimate of drug-likeness (QED) is 0.848. The molecule has 1 heterocycles. The van der Waals surface area contributed by atoms with Gasteiger partial charge in [0.1, 0.15) is 11.9 Å². The normalized spacial score (nSPS) is 12.1. The van der Waals surface area contributed by atoms with Crippen molar-refractivity contribution in [3.05, 3.63) is 48.0 Å². The van der Waals surface area contributed by atoms with Crippen molar-refractivity contribution in [1.29, 1.82) is 0 Å². The highest BCUT2D eigenvalue weighted by Gasteiger charge is 2.20. The molecule has 1 aromatic carbocycles. The van der Waals surface area contributed by atoms with Crippen LogP contribution in [-0.4, -0.2) is 15.7 Å². The number of benzene rings is 1. The molecule has 0 saturated heterocycles. The number of carbonyl (C=O) groups excluding carboxylic acids is 1. The summed E-state index contributed by atoms with van der Waals surface area (Å²) in [7, 11) is 0. The molecule has 1 amide bonds. The van der Waals surface area contributed by atoms with Crippen LogP contribution in [0.25, 0.3) is 0 Å². The van der Waals surface area contributed by atoms with E-state index < -0.39 is 17.8 Å². The Morgan fingerprint density at radius 1 is 1.50 bits per heavy atom. The molecule has 0 fully saturated rings. The molecule has 3 N–H and O–H groups in total. The summed E-state index contributed by atoms with van der Waals surface area (Å²) < 4.78 is 15.4. The average Bonchev–Trinajstić information content (AvgIpc) is 2.86. The SMILES string of the molecule is CCCn1cc(C(Nc2ccccc2F)C(N)=O)cn1. The molecule has 0 bridgehead atoms. The largest absolute Gasteiger partial charge is 0.368 e. The number of aromatic nitrogens is 2. The minimum absolute atomic E-state index is 0.236. The fourth-order valence-corrected chi connectivity index (χ4v) is 1.93. The van der Waals surface area contributed by atoms with Crippen molar-refractivity contribution >= 4 is 11.6 Å². The summed E-state index contributed by atoms with van der Waals surface area (Å²) in [5, 5.41) is 6.96. The molecule has 6 heteroatoms. The van der Waals surface area contributed by atoms with Crippen molar-refractivity contribution in [3.63, 3.8) is 0 Å². The topological polar surface area (TPSA) is 72.9 Å². The maximum atomic E-state index is 13.6. The van der Waals surface area contributed by atoms with Gasteiger partial charge in [-0.1, -0.05) is 19.1 Å². The molecule has 0 spiro atoms. The second-order valence-corrected chi connectivity index (χ2v) is 4.50. The highest BCUT2D eigenvalue weighted by molar-refractivity contribution is 5.84. The number of amides is 1. The van der Waals surface area contributed by atoms with Crippen molar-refractivity contribution in [3.8, 4) is 0 Å². The van der Waals surface area contributed by atoms with E-state index in [1.165, 1.54) is 6.07 Å². The minimum atomic E-state index is -0.808. The Bertz CT molecular complexity index is 596. The van der Waals surface area contributed by atoms with E-state index in [1.54, 1.807) is 35.3 Å². The Hall–Kier alpha value is -2.37. The maximum Gasteiger partial charge on any atom is 0.244 e. The highest BCUT2D eigenvalue weighted by Crippen LogP contribution is 2.21. The van der Waals surface area contributed by atoms with Gasteiger partial charge in [0.15, 0.2) is 0 Å². The predicted octanol–water partition coefficient (Wildman–Crippen LogP) is 2.07. The molecular formula is C14H17FN4O. The van der Waals surface area contributed by atoms with E-state index in [-0.39, 0.29) is 5.69 Å². The Morgan fingerprint density at radius 2 is 2.25 bits per heavy atom. The summed E-state index contributed by atoms with van der Waals surface area (Å²) in [5.41, 5.74) is 6.24. The van der Waals surface area contributed by atoms with Gasteiger partial charge >= 0.3 is 0 Å². The summed E-state index contributed by atoms with van der Waals surface area (Å²) >= 11 is 0. The number of carbonyl (C=O) groups is 1. The van der Waals surface area contributed by atoms with Crippen LogP contribution in [0.2, 0.25) is 0 Å². The third-order valence-electron chi connectivity index (χ3n) is 2.90. The molecule has 106 valence electrons. The molecule has 0 saturated carbocycles. The Kier molecular flexibility index (Phi) is 4.34. The molecule has 20 heavy (non-hydrogen) atoms. The summed E-state index contributed by atoms with van der Waals surface area (Å²) in [4.78, 5) is 11.6. The third kappa shape index (κ3) is 3.14. The van der Waals surface area contributed by atoms with Gasteiger partial charge in [0.25, 0.3) is 0 Å². The van der Waals surface area contributed by atoms with Crippen LogP contribution in [0.1, 0.15) is 24.9 Å². The molecule has 1 aromatic heterocycles. The molecule has 0 aliphatic heterocycles. The molecule has 2 rings (SSSR count). The fourth-order valence-electron chi connectivity index (χ4n) is 1.93. The molecule has 1 atom stereocenters. The van der Waals surface area contributed by atoms with Crippen molar-refractivity contribution in [2.24, 2.45) is 5.73 Å². The number of aryl methyl sites for hydroxylation is 1. The van der Waals surface area contributed by atoms with Crippen LogP contribution in [0.5, 0.6) is 0 Å². The number of hydrogen-bond donors (Lipinski definition) is 2. The molecule has 2 aromatic rings. The molecule has 0 aliphatic rings. The number of nitrogens with zero attached hydrogens (tertiary/aromatic N) is 2. The zero-order chi connectivity index (χ0) is 14.5. The lowest BCUT2D eigenvalue weighted by atomic mass is 10.1. The first kappa shape index (κ1) is 14.0. The number of primary amides is 1. The standard InChI is InChI=1S/C14H17FN4O/c1-2-7-19-9-10(8-17-19)13(14(16)20)18-12-6-4-3-5-11(12)15/h3-6,8-9,13,18H,2,7H2,1H3,(H2,16,20). The van der Waals surface area contributed by atoms with E-state index in [2.05, 4.69) is 10.4 Å². The summed E-state index contributed by atoms with van der Waals surface area (Å²) in [6, 6.07) is 5.34. The molecule has 1 unspecified atom stereocenters. The fraction of sp³-hybridized carbons (Fsp3) is 0.286. The van der Waals surface area contributed by atoms with Gasteiger partial charge in [0, 0.05) is 18.3 Å². The van der Waals surface area contributed by atoms with E-state index in [0.29, 0.717) is 5.56 Å². The number of anilines is 1. The van der Waals surface area contributed by atoms with E-state index in [4.69, 9.17) is 5.73 Å². The summed E-state index contributed by atoms with van der Waals surface area (Å²) in [5.74, 6) is -1.01. The van der Waals surface area contributed by atoms with Gasteiger partial charge in [0.05, 0.1) is 11.9 Å². The van der Waals surface area contributed by atoms with Crippen LogP contribution in [-0.2, 0) is 11.3 Å². The Morgan fingerprint density at radius 3 is 2.90 bits per heavy atom. The average molecular weight is 276 g/mol. The molecular weight excluding hydrogens is 259 g/mol. The van der Waals surface area contributed by atoms with Gasteiger partial charge < -0.3 is 11.1 Å². The second-order valence-electron chi connectivity index (χ2n) is 4.50. The summed E-state index contributed by atoms with van der Waals surface area (Å²) in [6.45, 7) is 2.79. The first-order valence-corrected chi connectivity index (χ1v) is 6.44. The number of hydrogen-bond acceptors (Lipinski definition) is 3. The lowest BCUT2D eigenvalue weighted by molar-refractivity contribution is -0.118. The maximum absolute atomic E-state index is 13.6. The Balaban J connectivity index is 2.23. The molecule has 5 nitrogen and oxygen atoms in total. The van der Waals surface area contributed by atoms with Crippen LogP contribution in [0.15, 0.2) is 36.7 Å². The zero-order valence-electron chi connectivity index (χ0n) is 11.2. The monoisotopic (exact) mass is 276 g/mol. The second kappa shape index (κ2) is 6.18. The third-order valence-corrected chi connectivity index (χ3v) is 2.90. The van der Waals surface area contributed by atoms with Crippen molar-refractivity contribution in [1.82, 2.24) is 9.78 Å². The van der Waals surface area contributed by atoms with E-state index in [9.17, 15) is 9.18 Å². The van der Waals surface area contributed by atoms with Crippen LogP contribution in [0, 0.1) is 5.82 Å². The van der Waals surface area contributed by atoms with Crippen molar-refractivity contribution in [2.75, 3.05) is 5.32 Å². The van der Waals surface area contributed by atoms with Gasteiger partial charge in [-0.05, 0) is 18.6 Å². The van der Waals surface area contributed by atoms with E-state index >= 15 is 0 Å². The van der Waals surface area contributed by atoms with Crippen LogP contribution in [0.3, 0.4) is 0 Å². The highest BCUT2D eigenvalue weighted by atomic mass is 19.1. The van der Waals surface area contributed by atoms with E-state index in [0.717, 1.165) is 13.0 Å². The van der Waals surface area contributed by atoms with Crippen LogP contribution < -0.4 is 11.1 Å². The number of para-hydroxylation sites is 1. The predicted molar refractivity (Wildman–Crippen MR) is 74.5 cm³/mol. The molecule has 0 aliphatic carbocycles. The van der Waals surface area contributed by atoms with Gasteiger partial charge in [0.2, 0.25) is 5.91 Å². The number of rotatable bonds is 6. The van der Waals surface area contributed by atoms with Gasteiger partial charge in [-0.25, -0.2) is 4.39 Å². The number of halogens is 1. The smallest absolute Gasteiger partial charge is 0.244 e. The number of nitrogens with two attached hydrogens (primary N) is 1. The first-order chi connectivity index (χ1) is 9.61. The lowest BCUT2D eigenvalue weighted by Crippen LogP contribution is -2.27. The number of nitrogens with one attached hydrogen (secondary N) is 1.